The topological polar surface area (TPSA) is 123 Å². The quantitative estimate of drug-likeness (QED) is 0.135. The molecule has 0 heterocycles. The molecule has 0 atom stereocenters. The number of methoxy groups -OCH3 is 1. The molecule has 0 bridgehead atoms. The fraction of sp³-hybridized carbons (Fsp3) is 0.0690. The number of aryl methyl sites for hydroxylation is 1. The number of hydrazone groups is 1. The molecule has 0 aromatic heterocycles. The lowest BCUT2D eigenvalue weighted by molar-refractivity contribution is 0.0729. The second-order valence-electron chi connectivity index (χ2n) is 8.36. The van der Waals surface area contributed by atoms with E-state index in [1.165, 1.54) is 49.7 Å². The van der Waals surface area contributed by atoms with Gasteiger partial charge in [0.2, 0.25) is 0 Å². The Labute approximate surface area is 226 Å². The van der Waals surface area contributed by atoms with Crippen LogP contribution in [0.25, 0.3) is 0 Å². The number of ether oxygens (including phenoxy) is 2. The van der Waals surface area contributed by atoms with Crippen molar-refractivity contribution in [3.8, 4) is 11.5 Å². The molecule has 0 saturated heterocycles. The highest BCUT2D eigenvalue weighted by molar-refractivity contribution is 7.92. The van der Waals surface area contributed by atoms with Gasteiger partial charge in [0, 0.05) is 11.3 Å². The fourth-order valence-electron chi connectivity index (χ4n) is 3.43. The largest absolute Gasteiger partial charge is 0.493 e. The number of anilines is 1. The zero-order valence-corrected chi connectivity index (χ0v) is 21.9. The molecule has 0 aliphatic heterocycles. The average Bonchev–Trinajstić information content (AvgIpc) is 2.94. The summed E-state index contributed by atoms with van der Waals surface area (Å²) in [5, 5.41) is 3.96. The molecule has 9 nitrogen and oxygen atoms in total. The fourth-order valence-corrected chi connectivity index (χ4v) is 4.51. The summed E-state index contributed by atoms with van der Waals surface area (Å²) in [6.07, 6.45) is 1.41. The van der Waals surface area contributed by atoms with Crippen molar-refractivity contribution in [1.29, 1.82) is 0 Å². The summed E-state index contributed by atoms with van der Waals surface area (Å²) in [7, 11) is -2.29. The number of hydrogen-bond acceptors (Lipinski definition) is 7. The number of rotatable bonds is 9. The van der Waals surface area contributed by atoms with Gasteiger partial charge in [0.05, 0.1) is 23.8 Å². The van der Waals surface area contributed by atoms with Gasteiger partial charge in [0.25, 0.3) is 15.9 Å². The van der Waals surface area contributed by atoms with Gasteiger partial charge in [-0.1, -0.05) is 35.9 Å². The first-order chi connectivity index (χ1) is 18.7. The number of sulfonamides is 1. The van der Waals surface area contributed by atoms with E-state index in [9.17, 15) is 18.0 Å². The molecule has 0 unspecified atom stereocenters. The minimum absolute atomic E-state index is 0.134. The Morgan fingerprint density at radius 2 is 1.49 bits per heavy atom. The summed E-state index contributed by atoms with van der Waals surface area (Å²) in [5.41, 5.74) is 5.05. The van der Waals surface area contributed by atoms with Gasteiger partial charge in [0.15, 0.2) is 11.5 Å². The van der Waals surface area contributed by atoms with Gasteiger partial charge in [-0.25, -0.2) is 18.6 Å². The minimum atomic E-state index is -3.73. The second kappa shape index (κ2) is 12.1. The third-order valence-corrected chi connectivity index (χ3v) is 6.91. The first-order valence-electron chi connectivity index (χ1n) is 11.7. The number of nitrogens with zero attached hydrogens (tertiary/aromatic N) is 1. The van der Waals surface area contributed by atoms with E-state index in [1.54, 1.807) is 48.5 Å². The standard InChI is InChI=1S/C29H25N3O6S/c1-20-8-11-23(12-9-20)29(34)38-26-17-10-21(18-27(26)37-2)19-30-31-28(33)22-13-15-24(16-14-22)32-39(35,36)25-6-4-3-5-7-25/h3-19,32H,1-2H3,(H,31,33). The molecule has 0 radical (unpaired) electrons. The van der Waals surface area contributed by atoms with Crippen LogP contribution >= 0.6 is 0 Å². The molecule has 0 aliphatic rings. The van der Waals surface area contributed by atoms with Crippen LogP contribution in [0, 0.1) is 6.92 Å². The molecule has 0 spiro atoms. The number of amides is 1. The van der Waals surface area contributed by atoms with Crippen LogP contribution in [0.3, 0.4) is 0 Å². The van der Waals surface area contributed by atoms with Crippen LogP contribution in [-0.4, -0.2) is 33.6 Å². The van der Waals surface area contributed by atoms with Gasteiger partial charge < -0.3 is 9.47 Å². The lowest BCUT2D eigenvalue weighted by Crippen LogP contribution is -2.18. The van der Waals surface area contributed by atoms with E-state index >= 15 is 0 Å². The van der Waals surface area contributed by atoms with Crippen LogP contribution in [0.1, 0.15) is 31.8 Å². The van der Waals surface area contributed by atoms with Crippen molar-refractivity contribution >= 4 is 33.8 Å². The third kappa shape index (κ3) is 7.08. The zero-order chi connectivity index (χ0) is 27.8. The molecule has 1 amide bonds. The maximum Gasteiger partial charge on any atom is 0.343 e. The molecule has 0 saturated carbocycles. The molecule has 0 fully saturated rings. The Morgan fingerprint density at radius 3 is 2.15 bits per heavy atom. The van der Waals surface area contributed by atoms with Crippen LogP contribution in [0.15, 0.2) is 107 Å². The van der Waals surface area contributed by atoms with Crippen LogP contribution in [0.5, 0.6) is 11.5 Å². The van der Waals surface area contributed by atoms with Crippen molar-refractivity contribution in [3.05, 3.63) is 119 Å². The number of carbonyl (C=O) groups excluding carboxylic acids is 2. The Hall–Kier alpha value is -4.96. The monoisotopic (exact) mass is 543 g/mol. The Bertz CT molecular complexity index is 1600. The molecule has 2 N–H and O–H groups in total. The Balaban J connectivity index is 1.36. The van der Waals surface area contributed by atoms with Crippen LogP contribution in [0.4, 0.5) is 5.69 Å². The smallest absolute Gasteiger partial charge is 0.343 e. The predicted octanol–water partition coefficient (Wildman–Crippen LogP) is 4.79. The second-order valence-corrected chi connectivity index (χ2v) is 10.0. The highest BCUT2D eigenvalue weighted by Crippen LogP contribution is 2.28. The Morgan fingerprint density at radius 1 is 0.821 bits per heavy atom. The van der Waals surface area contributed by atoms with Gasteiger partial charge >= 0.3 is 5.97 Å². The van der Waals surface area contributed by atoms with Gasteiger partial charge in [0.1, 0.15) is 0 Å². The molecule has 39 heavy (non-hydrogen) atoms. The molecule has 4 rings (SSSR count). The van der Waals surface area contributed by atoms with Crippen molar-refractivity contribution in [3.63, 3.8) is 0 Å². The molecular weight excluding hydrogens is 518 g/mol. The van der Waals surface area contributed by atoms with Crippen molar-refractivity contribution in [2.75, 3.05) is 11.8 Å². The van der Waals surface area contributed by atoms with E-state index in [0.29, 0.717) is 22.6 Å². The van der Waals surface area contributed by atoms with E-state index in [-0.39, 0.29) is 16.2 Å². The van der Waals surface area contributed by atoms with Crippen LogP contribution in [-0.2, 0) is 10.0 Å². The highest BCUT2D eigenvalue weighted by atomic mass is 32.2. The maximum absolute atomic E-state index is 12.5. The van der Waals surface area contributed by atoms with Crippen molar-refractivity contribution < 1.29 is 27.5 Å². The number of nitrogens with one attached hydrogen (secondary N) is 2. The molecule has 198 valence electrons. The summed E-state index contributed by atoms with van der Waals surface area (Å²) < 4.78 is 38.2. The van der Waals surface area contributed by atoms with E-state index < -0.39 is 21.9 Å². The first-order valence-corrected chi connectivity index (χ1v) is 13.2. The highest BCUT2D eigenvalue weighted by Gasteiger charge is 2.15. The normalized spacial score (nSPS) is 11.1. The van der Waals surface area contributed by atoms with Crippen molar-refractivity contribution in [1.82, 2.24) is 5.43 Å². The molecule has 10 heteroatoms. The van der Waals surface area contributed by atoms with Gasteiger partial charge in [-0.3, -0.25) is 9.52 Å². The number of hydrogen-bond donors (Lipinski definition) is 2. The van der Waals surface area contributed by atoms with Gasteiger partial charge in [-0.2, -0.15) is 5.10 Å². The summed E-state index contributed by atoms with van der Waals surface area (Å²) in [6, 6.07) is 25.8. The maximum atomic E-state index is 12.5. The number of esters is 1. The van der Waals surface area contributed by atoms with Crippen molar-refractivity contribution in [2.24, 2.45) is 5.10 Å². The van der Waals surface area contributed by atoms with Crippen LogP contribution < -0.4 is 19.6 Å². The van der Waals surface area contributed by atoms with E-state index in [1.807, 2.05) is 19.1 Å². The average molecular weight is 544 g/mol. The van der Waals surface area contributed by atoms with E-state index in [0.717, 1.165) is 5.56 Å². The first kappa shape index (κ1) is 27.1. The van der Waals surface area contributed by atoms with E-state index in [2.05, 4.69) is 15.2 Å². The lowest BCUT2D eigenvalue weighted by atomic mass is 10.1. The molecular formula is C29H25N3O6S. The SMILES string of the molecule is COc1cc(C=NNC(=O)c2ccc(NS(=O)(=O)c3ccccc3)cc2)ccc1OC(=O)c1ccc(C)cc1. The lowest BCUT2D eigenvalue weighted by Gasteiger charge is -2.10. The summed E-state index contributed by atoms with van der Waals surface area (Å²) in [4.78, 5) is 25.0. The Kier molecular flexibility index (Phi) is 8.37. The van der Waals surface area contributed by atoms with Gasteiger partial charge in [-0.05, 0) is 79.2 Å². The molecule has 0 aliphatic carbocycles. The predicted molar refractivity (Wildman–Crippen MR) is 148 cm³/mol. The molecule has 4 aromatic carbocycles. The van der Waals surface area contributed by atoms with E-state index in [4.69, 9.17) is 9.47 Å². The molecule has 4 aromatic rings. The summed E-state index contributed by atoms with van der Waals surface area (Å²) in [6.45, 7) is 1.93. The summed E-state index contributed by atoms with van der Waals surface area (Å²) >= 11 is 0. The number of benzene rings is 4. The van der Waals surface area contributed by atoms with Crippen molar-refractivity contribution in [2.45, 2.75) is 11.8 Å². The van der Waals surface area contributed by atoms with Crippen LogP contribution in [0.2, 0.25) is 0 Å². The third-order valence-electron chi connectivity index (χ3n) is 5.51. The number of carbonyl (C=O) groups is 2. The minimum Gasteiger partial charge on any atom is -0.493 e. The summed E-state index contributed by atoms with van der Waals surface area (Å²) in [5.74, 6) is -0.438. The zero-order valence-electron chi connectivity index (χ0n) is 21.1. The van der Waals surface area contributed by atoms with Gasteiger partial charge in [-0.15, -0.1) is 0 Å².